The molecular weight excluding hydrogens is 182 g/mol. The van der Waals surface area contributed by atoms with E-state index in [1.165, 1.54) is 6.08 Å². The minimum absolute atomic E-state index is 0.0687. The highest BCUT2D eigenvalue weighted by molar-refractivity contribution is 5.82. The van der Waals surface area contributed by atoms with E-state index in [0.29, 0.717) is 12.3 Å². The number of hydrogen-bond acceptors (Lipinski definition) is 4. The molecule has 0 aromatic carbocycles. The summed E-state index contributed by atoms with van der Waals surface area (Å²) in [6.07, 6.45) is 4.57. The smallest absolute Gasteiger partial charge is 0.332 e. The van der Waals surface area contributed by atoms with Gasteiger partial charge in [0.2, 0.25) is 0 Å². The number of carbonyl (C=O) groups excluding carboxylic acids is 1. The number of ether oxygens (including phenoxy) is 2. The van der Waals surface area contributed by atoms with Gasteiger partial charge in [-0.25, -0.2) is 4.79 Å². The third-order valence-electron chi connectivity index (χ3n) is 2.03. The molecule has 80 valence electrons. The van der Waals surface area contributed by atoms with E-state index < -0.39 is 0 Å². The van der Waals surface area contributed by atoms with Gasteiger partial charge in [0.25, 0.3) is 0 Å². The maximum absolute atomic E-state index is 11.1. The maximum atomic E-state index is 11.1. The molecule has 0 aromatic heterocycles. The van der Waals surface area contributed by atoms with Gasteiger partial charge < -0.3 is 15.2 Å². The van der Waals surface area contributed by atoms with E-state index in [1.807, 2.05) is 0 Å². The van der Waals surface area contributed by atoms with Gasteiger partial charge in [0.1, 0.15) is 6.61 Å². The number of esters is 1. The van der Waals surface area contributed by atoms with Crippen molar-refractivity contribution < 1.29 is 14.3 Å². The quantitative estimate of drug-likeness (QED) is 0.543. The molecule has 0 aromatic rings. The zero-order chi connectivity index (χ0) is 10.4. The van der Waals surface area contributed by atoms with Crippen LogP contribution in [0.3, 0.4) is 0 Å². The number of allylic oxidation sites excluding steroid dienone is 1. The van der Waals surface area contributed by atoms with E-state index in [-0.39, 0.29) is 12.1 Å². The molecule has 1 aliphatic heterocycles. The third kappa shape index (κ3) is 4.28. The van der Waals surface area contributed by atoms with Crippen LogP contribution < -0.4 is 5.73 Å². The molecule has 1 rings (SSSR count). The Morgan fingerprint density at radius 3 is 3.00 bits per heavy atom. The van der Waals surface area contributed by atoms with Crippen LogP contribution in [0.25, 0.3) is 0 Å². The Bertz CT molecular complexity index is 215. The first-order valence-corrected chi connectivity index (χ1v) is 4.90. The van der Waals surface area contributed by atoms with Crippen LogP contribution in [0.1, 0.15) is 26.2 Å². The Balaban J connectivity index is 2.19. The summed E-state index contributed by atoms with van der Waals surface area (Å²) in [4.78, 5) is 11.1. The molecule has 0 aliphatic carbocycles. The van der Waals surface area contributed by atoms with Crippen LogP contribution in [-0.4, -0.2) is 25.3 Å². The molecule has 0 spiro atoms. The van der Waals surface area contributed by atoms with Crippen LogP contribution in [-0.2, 0) is 14.3 Å². The summed E-state index contributed by atoms with van der Waals surface area (Å²) in [5.41, 5.74) is 5.79. The highest BCUT2D eigenvalue weighted by atomic mass is 16.6. The van der Waals surface area contributed by atoms with E-state index in [4.69, 9.17) is 15.2 Å². The summed E-state index contributed by atoms with van der Waals surface area (Å²) in [6.45, 7) is 2.76. The first-order chi connectivity index (χ1) is 6.68. The predicted molar refractivity (Wildman–Crippen MR) is 52.5 cm³/mol. The van der Waals surface area contributed by atoms with Gasteiger partial charge in [0.15, 0.2) is 0 Å². The minimum Gasteiger partial charge on any atom is -0.460 e. The van der Waals surface area contributed by atoms with Crippen LogP contribution in [0.4, 0.5) is 0 Å². The molecule has 0 saturated carbocycles. The van der Waals surface area contributed by atoms with Crippen molar-refractivity contribution in [3.05, 3.63) is 11.8 Å². The lowest BCUT2D eigenvalue weighted by Crippen LogP contribution is -2.25. The first-order valence-electron chi connectivity index (χ1n) is 4.90. The van der Waals surface area contributed by atoms with Gasteiger partial charge in [0, 0.05) is 18.4 Å². The summed E-state index contributed by atoms with van der Waals surface area (Å²) < 4.78 is 10.4. The van der Waals surface area contributed by atoms with Gasteiger partial charge in [-0.15, -0.1) is 0 Å². The molecule has 14 heavy (non-hydrogen) atoms. The van der Waals surface area contributed by atoms with Gasteiger partial charge in [-0.05, 0) is 26.2 Å². The summed E-state index contributed by atoms with van der Waals surface area (Å²) >= 11 is 0. The van der Waals surface area contributed by atoms with Gasteiger partial charge in [-0.1, -0.05) is 0 Å². The molecule has 1 atom stereocenters. The van der Waals surface area contributed by atoms with Crippen molar-refractivity contribution in [3.8, 4) is 0 Å². The van der Waals surface area contributed by atoms with Crippen molar-refractivity contribution in [2.24, 2.45) is 5.73 Å². The SMILES string of the molecule is C/C(N)=C/C(=O)OCC1CCCCO1. The second kappa shape index (κ2) is 5.65. The van der Waals surface area contributed by atoms with Crippen molar-refractivity contribution in [1.82, 2.24) is 0 Å². The van der Waals surface area contributed by atoms with Crippen LogP contribution in [0.2, 0.25) is 0 Å². The largest absolute Gasteiger partial charge is 0.460 e. The fraction of sp³-hybridized carbons (Fsp3) is 0.700. The van der Waals surface area contributed by atoms with Crippen LogP contribution in [0, 0.1) is 0 Å². The molecule has 0 bridgehead atoms. The van der Waals surface area contributed by atoms with Crippen molar-refractivity contribution in [2.75, 3.05) is 13.2 Å². The van der Waals surface area contributed by atoms with E-state index in [0.717, 1.165) is 25.9 Å². The number of hydrogen-bond donors (Lipinski definition) is 1. The van der Waals surface area contributed by atoms with E-state index in [2.05, 4.69) is 0 Å². The zero-order valence-corrected chi connectivity index (χ0v) is 8.49. The molecule has 1 unspecified atom stereocenters. The van der Waals surface area contributed by atoms with Crippen molar-refractivity contribution in [1.29, 1.82) is 0 Å². The molecule has 4 nitrogen and oxygen atoms in total. The lowest BCUT2D eigenvalue weighted by Gasteiger charge is -2.21. The van der Waals surface area contributed by atoms with E-state index in [1.54, 1.807) is 6.92 Å². The van der Waals surface area contributed by atoms with E-state index in [9.17, 15) is 4.79 Å². The number of rotatable bonds is 3. The molecule has 1 aliphatic rings. The minimum atomic E-state index is -0.390. The summed E-state index contributed by atoms with van der Waals surface area (Å²) in [5.74, 6) is -0.390. The van der Waals surface area contributed by atoms with Crippen molar-refractivity contribution in [2.45, 2.75) is 32.3 Å². The Morgan fingerprint density at radius 2 is 2.43 bits per heavy atom. The normalized spacial score (nSPS) is 23.2. The average Bonchev–Trinajstić information content (AvgIpc) is 2.15. The summed E-state index contributed by atoms with van der Waals surface area (Å²) in [5, 5.41) is 0. The van der Waals surface area contributed by atoms with E-state index >= 15 is 0 Å². The van der Waals surface area contributed by atoms with Crippen LogP contribution in [0.15, 0.2) is 11.8 Å². The third-order valence-corrected chi connectivity index (χ3v) is 2.03. The topological polar surface area (TPSA) is 61.6 Å². The molecule has 1 fully saturated rings. The Kier molecular flexibility index (Phi) is 4.46. The van der Waals surface area contributed by atoms with Crippen LogP contribution in [0.5, 0.6) is 0 Å². The van der Waals surface area contributed by atoms with Gasteiger partial charge in [-0.2, -0.15) is 0 Å². The average molecular weight is 199 g/mol. The Hall–Kier alpha value is -1.03. The molecule has 1 saturated heterocycles. The van der Waals surface area contributed by atoms with Crippen LogP contribution >= 0.6 is 0 Å². The monoisotopic (exact) mass is 199 g/mol. The highest BCUT2D eigenvalue weighted by Crippen LogP contribution is 2.12. The lowest BCUT2D eigenvalue weighted by molar-refractivity contribution is -0.143. The van der Waals surface area contributed by atoms with Gasteiger partial charge in [-0.3, -0.25) is 0 Å². The first kappa shape index (κ1) is 11.0. The fourth-order valence-corrected chi connectivity index (χ4v) is 1.34. The molecule has 0 amide bonds. The van der Waals surface area contributed by atoms with Crippen molar-refractivity contribution >= 4 is 5.97 Å². The molecular formula is C10H17NO3. The van der Waals surface area contributed by atoms with Crippen molar-refractivity contribution in [3.63, 3.8) is 0 Å². The molecule has 0 radical (unpaired) electrons. The standard InChI is InChI=1S/C10H17NO3/c1-8(11)6-10(12)14-7-9-4-2-3-5-13-9/h6,9H,2-5,7,11H2,1H3/b8-6-. The second-order valence-electron chi connectivity index (χ2n) is 3.51. The van der Waals surface area contributed by atoms with Gasteiger partial charge >= 0.3 is 5.97 Å². The number of nitrogens with two attached hydrogens (primary N) is 1. The zero-order valence-electron chi connectivity index (χ0n) is 8.49. The highest BCUT2D eigenvalue weighted by Gasteiger charge is 2.15. The van der Waals surface area contributed by atoms with Gasteiger partial charge in [0.05, 0.1) is 6.10 Å². The molecule has 2 N–H and O–H groups in total. The molecule has 1 heterocycles. The molecule has 4 heteroatoms. The summed E-state index contributed by atoms with van der Waals surface area (Å²) in [7, 11) is 0. The summed E-state index contributed by atoms with van der Waals surface area (Å²) in [6, 6.07) is 0. The predicted octanol–water partition coefficient (Wildman–Crippen LogP) is 0.961. The Labute approximate surface area is 84.1 Å². The fourth-order valence-electron chi connectivity index (χ4n) is 1.34. The Morgan fingerprint density at radius 1 is 1.64 bits per heavy atom. The second-order valence-corrected chi connectivity index (χ2v) is 3.51. The lowest BCUT2D eigenvalue weighted by atomic mass is 10.1. The maximum Gasteiger partial charge on any atom is 0.332 e. The number of carbonyl (C=O) groups is 1.